The van der Waals surface area contributed by atoms with Gasteiger partial charge >= 0.3 is 5.97 Å². The highest BCUT2D eigenvalue weighted by atomic mass is 32.2. The molecule has 0 aromatic heterocycles. The van der Waals surface area contributed by atoms with Crippen LogP contribution in [0.3, 0.4) is 0 Å². The van der Waals surface area contributed by atoms with E-state index in [0.29, 0.717) is 5.56 Å². The van der Waals surface area contributed by atoms with Crippen molar-refractivity contribution in [2.75, 3.05) is 19.7 Å². The molecule has 2 unspecified atom stereocenters. The number of ketones is 1. The Morgan fingerprint density at radius 1 is 0.966 bits per heavy atom. The zero-order chi connectivity index (χ0) is 21.0. The first kappa shape index (κ1) is 21.2. The van der Waals surface area contributed by atoms with Crippen LogP contribution in [0.15, 0.2) is 59.5 Å². The van der Waals surface area contributed by atoms with Crippen molar-refractivity contribution in [1.29, 1.82) is 0 Å². The van der Waals surface area contributed by atoms with Gasteiger partial charge in [-0.3, -0.25) is 4.79 Å². The van der Waals surface area contributed by atoms with Crippen LogP contribution in [0, 0.1) is 0 Å². The molecule has 1 heterocycles. The Bertz CT molecular complexity index is 962. The maximum atomic E-state index is 12.8. The Hall–Kier alpha value is -2.55. The number of sulfonamides is 1. The molecule has 3 rings (SSSR count). The van der Waals surface area contributed by atoms with Gasteiger partial charge in [-0.1, -0.05) is 30.3 Å². The van der Waals surface area contributed by atoms with Crippen LogP contribution in [0.4, 0.5) is 0 Å². The minimum absolute atomic E-state index is 0.0933. The number of morpholine rings is 1. The number of ether oxygens (including phenoxy) is 2. The van der Waals surface area contributed by atoms with E-state index in [-0.39, 0.29) is 48.1 Å². The number of carbonyl (C=O) groups excluding carboxylic acids is 2. The van der Waals surface area contributed by atoms with Gasteiger partial charge in [-0.05, 0) is 38.1 Å². The lowest BCUT2D eigenvalue weighted by Crippen LogP contribution is -2.48. The number of hydrogen-bond donors (Lipinski definition) is 0. The molecular weight excluding hydrogens is 394 g/mol. The van der Waals surface area contributed by atoms with Crippen LogP contribution in [-0.2, 0) is 19.5 Å². The van der Waals surface area contributed by atoms with Crippen molar-refractivity contribution in [3.63, 3.8) is 0 Å². The first-order valence-electron chi connectivity index (χ1n) is 9.28. The van der Waals surface area contributed by atoms with Gasteiger partial charge in [0.15, 0.2) is 12.4 Å². The molecule has 1 fully saturated rings. The Labute approximate surface area is 170 Å². The third kappa shape index (κ3) is 5.09. The first-order valence-corrected chi connectivity index (χ1v) is 10.7. The molecule has 0 amide bonds. The summed E-state index contributed by atoms with van der Waals surface area (Å²) in [7, 11) is -3.68. The van der Waals surface area contributed by atoms with Crippen LogP contribution in [-0.4, -0.2) is 56.4 Å². The number of nitrogens with zero attached hydrogens (tertiary/aromatic N) is 1. The molecule has 0 saturated carbocycles. The van der Waals surface area contributed by atoms with Crippen molar-refractivity contribution in [2.24, 2.45) is 0 Å². The summed E-state index contributed by atoms with van der Waals surface area (Å²) in [6.07, 6.45) is -0.380. The van der Waals surface area contributed by atoms with Gasteiger partial charge in [0.25, 0.3) is 0 Å². The van der Waals surface area contributed by atoms with Crippen molar-refractivity contribution >= 4 is 21.8 Å². The number of hydrogen-bond acceptors (Lipinski definition) is 6. The molecule has 2 aromatic rings. The molecule has 2 atom stereocenters. The van der Waals surface area contributed by atoms with Crippen LogP contribution < -0.4 is 0 Å². The molecular formula is C21H23NO6S. The van der Waals surface area contributed by atoms with Gasteiger partial charge in [0.1, 0.15) is 0 Å². The van der Waals surface area contributed by atoms with Crippen molar-refractivity contribution in [3.05, 3.63) is 65.7 Å². The fourth-order valence-electron chi connectivity index (χ4n) is 3.16. The van der Waals surface area contributed by atoms with Crippen molar-refractivity contribution < 1.29 is 27.5 Å². The van der Waals surface area contributed by atoms with Crippen molar-refractivity contribution in [2.45, 2.75) is 31.0 Å². The lowest BCUT2D eigenvalue weighted by Gasteiger charge is -2.34. The zero-order valence-electron chi connectivity index (χ0n) is 16.3. The largest absolute Gasteiger partial charge is 0.454 e. The van der Waals surface area contributed by atoms with Gasteiger partial charge in [0.2, 0.25) is 10.0 Å². The summed E-state index contributed by atoms with van der Waals surface area (Å²) in [6, 6.07) is 14.0. The van der Waals surface area contributed by atoms with Crippen LogP contribution in [0.25, 0.3) is 0 Å². The van der Waals surface area contributed by atoms with Crippen molar-refractivity contribution in [1.82, 2.24) is 4.31 Å². The van der Waals surface area contributed by atoms with Gasteiger partial charge in [-0.25, -0.2) is 13.2 Å². The monoisotopic (exact) mass is 417 g/mol. The van der Waals surface area contributed by atoms with E-state index in [4.69, 9.17) is 9.47 Å². The summed E-state index contributed by atoms with van der Waals surface area (Å²) < 4.78 is 37.7. The summed E-state index contributed by atoms with van der Waals surface area (Å²) in [4.78, 5) is 24.3. The normalized spacial score (nSPS) is 20.2. The van der Waals surface area contributed by atoms with E-state index >= 15 is 0 Å². The first-order chi connectivity index (χ1) is 13.8. The molecule has 1 aliphatic rings. The highest BCUT2D eigenvalue weighted by molar-refractivity contribution is 7.89. The second kappa shape index (κ2) is 8.86. The average Bonchev–Trinajstić information content (AvgIpc) is 2.71. The second-order valence-corrected chi connectivity index (χ2v) is 8.91. The van der Waals surface area contributed by atoms with E-state index in [9.17, 15) is 18.0 Å². The van der Waals surface area contributed by atoms with E-state index in [1.165, 1.54) is 28.6 Å². The Morgan fingerprint density at radius 2 is 1.55 bits per heavy atom. The number of benzene rings is 2. The molecule has 0 bridgehead atoms. The molecule has 0 N–H and O–H groups in total. The summed E-state index contributed by atoms with van der Waals surface area (Å²) in [6.45, 7) is 3.82. The maximum Gasteiger partial charge on any atom is 0.338 e. The van der Waals surface area contributed by atoms with Crippen LogP contribution >= 0.6 is 0 Å². The molecule has 0 spiro atoms. The molecule has 1 saturated heterocycles. The number of esters is 1. The molecule has 0 radical (unpaired) electrons. The third-order valence-electron chi connectivity index (χ3n) is 4.54. The second-order valence-electron chi connectivity index (χ2n) is 6.97. The highest BCUT2D eigenvalue weighted by Crippen LogP contribution is 2.21. The van der Waals surface area contributed by atoms with E-state index in [1.54, 1.807) is 30.3 Å². The van der Waals surface area contributed by atoms with Gasteiger partial charge in [-0.2, -0.15) is 4.31 Å². The molecule has 2 aromatic carbocycles. The predicted octanol–water partition coefficient (Wildman–Crippen LogP) is 2.52. The van der Waals surface area contributed by atoms with E-state index in [1.807, 2.05) is 13.8 Å². The summed E-state index contributed by atoms with van der Waals surface area (Å²) in [5, 5.41) is 0. The standard InChI is InChI=1S/C21H23NO6S/c1-15-12-22(13-16(2)28-15)29(25,26)19-10-8-18(9-11-19)21(24)27-14-20(23)17-6-4-3-5-7-17/h3-11,15-16H,12-14H2,1-2H3. The SMILES string of the molecule is CC1CN(S(=O)(=O)c2ccc(C(=O)OCC(=O)c3ccccc3)cc2)CC(C)O1. The quantitative estimate of drug-likeness (QED) is 0.530. The number of Topliss-reactive ketones (excluding diaryl/α,β-unsaturated/α-hetero) is 1. The van der Waals surface area contributed by atoms with Gasteiger partial charge in [0.05, 0.1) is 22.7 Å². The summed E-state index contributed by atoms with van der Waals surface area (Å²) in [5.41, 5.74) is 0.629. The maximum absolute atomic E-state index is 12.8. The molecule has 0 aliphatic carbocycles. The van der Waals surface area contributed by atoms with Gasteiger partial charge < -0.3 is 9.47 Å². The third-order valence-corrected chi connectivity index (χ3v) is 6.39. The minimum atomic E-state index is -3.68. The van der Waals surface area contributed by atoms with E-state index in [0.717, 1.165) is 0 Å². The fraction of sp³-hybridized carbons (Fsp3) is 0.333. The Kier molecular flexibility index (Phi) is 6.46. The lowest BCUT2D eigenvalue weighted by atomic mass is 10.1. The highest BCUT2D eigenvalue weighted by Gasteiger charge is 2.32. The van der Waals surface area contributed by atoms with Gasteiger partial charge in [-0.15, -0.1) is 0 Å². The smallest absolute Gasteiger partial charge is 0.338 e. The molecule has 1 aliphatic heterocycles. The van der Waals surface area contributed by atoms with E-state index in [2.05, 4.69) is 0 Å². The number of carbonyl (C=O) groups is 2. The van der Waals surface area contributed by atoms with E-state index < -0.39 is 16.0 Å². The molecule has 8 heteroatoms. The summed E-state index contributed by atoms with van der Waals surface area (Å²) >= 11 is 0. The minimum Gasteiger partial charge on any atom is -0.454 e. The molecule has 29 heavy (non-hydrogen) atoms. The Balaban J connectivity index is 1.64. The topological polar surface area (TPSA) is 90.0 Å². The van der Waals surface area contributed by atoms with Crippen LogP contribution in [0.1, 0.15) is 34.6 Å². The summed E-state index contributed by atoms with van der Waals surface area (Å²) in [5.74, 6) is -0.999. The molecule has 154 valence electrons. The zero-order valence-corrected chi connectivity index (χ0v) is 17.1. The lowest BCUT2D eigenvalue weighted by molar-refractivity contribution is -0.0440. The predicted molar refractivity (Wildman–Crippen MR) is 106 cm³/mol. The Morgan fingerprint density at radius 3 is 2.14 bits per heavy atom. The fourth-order valence-corrected chi connectivity index (χ4v) is 4.75. The number of rotatable bonds is 6. The van der Waals surface area contributed by atoms with Crippen LogP contribution in [0.2, 0.25) is 0 Å². The molecule has 7 nitrogen and oxygen atoms in total. The van der Waals surface area contributed by atoms with Crippen LogP contribution in [0.5, 0.6) is 0 Å². The average molecular weight is 417 g/mol. The van der Waals surface area contributed by atoms with Crippen molar-refractivity contribution in [3.8, 4) is 0 Å². The van der Waals surface area contributed by atoms with Gasteiger partial charge in [0, 0.05) is 18.7 Å².